The van der Waals surface area contributed by atoms with Crippen LogP contribution in [-0.4, -0.2) is 25.8 Å². The van der Waals surface area contributed by atoms with Crippen LogP contribution in [0, 0.1) is 11.8 Å². The lowest BCUT2D eigenvalue weighted by Crippen LogP contribution is -2.40. The normalized spacial score (nSPS) is 31.8. The third kappa shape index (κ3) is 4.98. The molecule has 0 spiro atoms. The summed E-state index contributed by atoms with van der Waals surface area (Å²) in [5, 5.41) is 3.63. The molecule has 3 unspecified atom stereocenters. The average molecular weight is 213 g/mol. The lowest BCUT2D eigenvalue weighted by molar-refractivity contribution is 0.127. The fraction of sp³-hybridized carbons (Fsp3) is 1.00. The van der Waals surface area contributed by atoms with Gasteiger partial charge in [-0.15, -0.1) is 0 Å². The van der Waals surface area contributed by atoms with Gasteiger partial charge in [0.1, 0.15) is 0 Å². The molecule has 1 saturated carbocycles. The summed E-state index contributed by atoms with van der Waals surface area (Å²) in [5.41, 5.74) is 0. The van der Waals surface area contributed by atoms with Gasteiger partial charge in [0.05, 0.1) is 6.61 Å². The van der Waals surface area contributed by atoms with Gasteiger partial charge in [-0.2, -0.15) is 0 Å². The largest absolute Gasteiger partial charge is 0.380 e. The molecular formula is C13H27NO. The van der Waals surface area contributed by atoms with Crippen molar-refractivity contribution in [2.24, 2.45) is 11.8 Å². The fourth-order valence-corrected chi connectivity index (χ4v) is 2.53. The van der Waals surface area contributed by atoms with E-state index in [2.05, 4.69) is 26.1 Å². The quantitative estimate of drug-likeness (QED) is 0.685. The van der Waals surface area contributed by atoms with Crippen molar-refractivity contribution in [1.82, 2.24) is 5.32 Å². The zero-order chi connectivity index (χ0) is 11.1. The number of rotatable bonds is 6. The Bertz CT molecular complexity index is 161. The Morgan fingerprint density at radius 3 is 2.67 bits per heavy atom. The molecule has 0 saturated heterocycles. The summed E-state index contributed by atoms with van der Waals surface area (Å²) in [7, 11) is 0. The fourth-order valence-electron chi connectivity index (χ4n) is 2.53. The van der Waals surface area contributed by atoms with Crippen LogP contribution in [0.4, 0.5) is 0 Å². The molecule has 0 aromatic carbocycles. The maximum atomic E-state index is 5.47. The highest BCUT2D eigenvalue weighted by molar-refractivity contribution is 4.80. The average Bonchev–Trinajstić information content (AvgIpc) is 2.20. The summed E-state index contributed by atoms with van der Waals surface area (Å²) in [6.07, 6.45) is 5.23. The van der Waals surface area contributed by atoms with E-state index >= 15 is 0 Å². The molecule has 1 fully saturated rings. The Balaban J connectivity index is 2.05. The molecule has 2 nitrogen and oxygen atoms in total. The van der Waals surface area contributed by atoms with Gasteiger partial charge < -0.3 is 10.1 Å². The molecule has 0 radical (unpaired) electrons. The number of nitrogens with one attached hydrogen (secondary N) is 1. The van der Waals surface area contributed by atoms with E-state index in [-0.39, 0.29) is 0 Å². The van der Waals surface area contributed by atoms with Crippen molar-refractivity contribution in [3.8, 4) is 0 Å². The van der Waals surface area contributed by atoms with Gasteiger partial charge in [0, 0.05) is 19.2 Å². The Kier molecular flexibility index (Phi) is 6.26. The van der Waals surface area contributed by atoms with Crippen molar-refractivity contribution in [2.75, 3.05) is 19.8 Å². The molecule has 1 rings (SSSR count). The van der Waals surface area contributed by atoms with Crippen LogP contribution in [0.2, 0.25) is 0 Å². The summed E-state index contributed by atoms with van der Waals surface area (Å²) in [6.45, 7) is 9.68. The molecule has 0 heterocycles. The van der Waals surface area contributed by atoms with Crippen molar-refractivity contribution < 1.29 is 4.74 Å². The third-order valence-corrected chi connectivity index (χ3v) is 3.43. The maximum Gasteiger partial charge on any atom is 0.0590 e. The van der Waals surface area contributed by atoms with Crippen molar-refractivity contribution in [3.05, 3.63) is 0 Å². The van der Waals surface area contributed by atoms with Gasteiger partial charge in [0.15, 0.2) is 0 Å². The first kappa shape index (κ1) is 13.0. The predicted molar refractivity (Wildman–Crippen MR) is 65.1 cm³/mol. The molecule has 3 atom stereocenters. The highest BCUT2D eigenvalue weighted by Crippen LogP contribution is 2.28. The molecule has 0 bridgehead atoms. The van der Waals surface area contributed by atoms with Gasteiger partial charge in [0.2, 0.25) is 0 Å². The van der Waals surface area contributed by atoms with Crippen LogP contribution >= 0.6 is 0 Å². The minimum absolute atomic E-state index is 0.728. The first-order chi connectivity index (χ1) is 7.24. The second-order valence-electron chi connectivity index (χ2n) is 5.07. The molecule has 1 aliphatic carbocycles. The number of ether oxygens (including phenoxy) is 1. The van der Waals surface area contributed by atoms with Crippen LogP contribution in [0.25, 0.3) is 0 Å². The molecule has 1 N–H and O–H groups in total. The van der Waals surface area contributed by atoms with E-state index < -0.39 is 0 Å². The summed E-state index contributed by atoms with van der Waals surface area (Å²) in [4.78, 5) is 0. The first-order valence-electron chi connectivity index (χ1n) is 6.55. The summed E-state index contributed by atoms with van der Waals surface area (Å²) >= 11 is 0. The lowest BCUT2D eigenvalue weighted by atomic mass is 9.80. The molecule has 0 aromatic heterocycles. The van der Waals surface area contributed by atoms with Crippen LogP contribution in [-0.2, 0) is 4.74 Å². The van der Waals surface area contributed by atoms with E-state index in [1.807, 2.05) is 0 Å². The molecule has 2 heteroatoms. The predicted octanol–water partition coefficient (Wildman–Crippen LogP) is 2.83. The Hall–Kier alpha value is -0.0800. The smallest absolute Gasteiger partial charge is 0.0590 e. The van der Waals surface area contributed by atoms with E-state index in [1.54, 1.807) is 0 Å². The van der Waals surface area contributed by atoms with Gasteiger partial charge >= 0.3 is 0 Å². The second kappa shape index (κ2) is 7.24. The van der Waals surface area contributed by atoms with Crippen LogP contribution in [0.5, 0.6) is 0 Å². The molecule has 1 aliphatic rings. The van der Waals surface area contributed by atoms with Gasteiger partial charge in [-0.1, -0.05) is 20.8 Å². The van der Waals surface area contributed by atoms with Crippen molar-refractivity contribution in [1.29, 1.82) is 0 Å². The summed E-state index contributed by atoms with van der Waals surface area (Å²) in [5.74, 6) is 1.76. The highest BCUT2D eigenvalue weighted by atomic mass is 16.5. The Morgan fingerprint density at radius 1 is 1.20 bits per heavy atom. The van der Waals surface area contributed by atoms with Crippen LogP contribution in [0.15, 0.2) is 0 Å². The van der Waals surface area contributed by atoms with Gasteiger partial charge in [-0.05, 0) is 37.5 Å². The highest BCUT2D eigenvalue weighted by Gasteiger charge is 2.24. The SMILES string of the molecule is CCCOCCNC1CCC(C)CC1C. The molecular weight excluding hydrogens is 186 g/mol. The monoisotopic (exact) mass is 213 g/mol. The molecule has 0 aliphatic heterocycles. The van der Waals surface area contributed by atoms with Crippen LogP contribution in [0.3, 0.4) is 0 Å². The number of hydrogen-bond acceptors (Lipinski definition) is 2. The third-order valence-electron chi connectivity index (χ3n) is 3.43. The van der Waals surface area contributed by atoms with Crippen LogP contribution < -0.4 is 5.32 Å². The van der Waals surface area contributed by atoms with E-state index in [4.69, 9.17) is 4.74 Å². The van der Waals surface area contributed by atoms with Gasteiger partial charge in [0.25, 0.3) is 0 Å². The van der Waals surface area contributed by atoms with Gasteiger partial charge in [-0.25, -0.2) is 0 Å². The molecule has 0 amide bonds. The van der Waals surface area contributed by atoms with Crippen LogP contribution in [0.1, 0.15) is 46.5 Å². The van der Waals surface area contributed by atoms with Gasteiger partial charge in [-0.3, -0.25) is 0 Å². The maximum absolute atomic E-state index is 5.47. The molecule has 0 aromatic rings. The van der Waals surface area contributed by atoms with E-state index in [9.17, 15) is 0 Å². The summed E-state index contributed by atoms with van der Waals surface area (Å²) < 4.78 is 5.47. The zero-order valence-electron chi connectivity index (χ0n) is 10.6. The minimum atomic E-state index is 0.728. The van der Waals surface area contributed by atoms with E-state index in [0.717, 1.165) is 44.1 Å². The van der Waals surface area contributed by atoms with Crippen molar-refractivity contribution >= 4 is 0 Å². The lowest BCUT2D eigenvalue weighted by Gasteiger charge is -2.33. The zero-order valence-corrected chi connectivity index (χ0v) is 10.6. The second-order valence-corrected chi connectivity index (χ2v) is 5.07. The summed E-state index contributed by atoms with van der Waals surface area (Å²) in [6, 6.07) is 0.728. The van der Waals surface area contributed by atoms with Crippen molar-refractivity contribution in [3.63, 3.8) is 0 Å². The van der Waals surface area contributed by atoms with Crippen molar-refractivity contribution in [2.45, 2.75) is 52.5 Å². The first-order valence-corrected chi connectivity index (χ1v) is 6.55. The van der Waals surface area contributed by atoms with E-state index in [1.165, 1.54) is 19.3 Å². The number of hydrogen-bond donors (Lipinski definition) is 1. The minimum Gasteiger partial charge on any atom is -0.380 e. The standard InChI is InChI=1S/C13H27NO/c1-4-8-15-9-7-14-13-6-5-11(2)10-12(13)3/h11-14H,4-10H2,1-3H3. The molecule has 90 valence electrons. The van der Waals surface area contributed by atoms with E-state index in [0.29, 0.717) is 0 Å². The Labute approximate surface area is 94.8 Å². The topological polar surface area (TPSA) is 21.3 Å². The molecule has 15 heavy (non-hydrogen) atoms. The Morgan fingerprint density at radius 2 is 2.00 bits per heavy atom.